The largest absolute Gasteiger partial charge is 0.373 e. The van der Waals surface area contributed by atoms with Gasteiger partial charge in [0, 0.05) is 25.7 Å². The quantitative estimate of drug-likeness (QED) is 0.846. The highest BCUT2D eigenvalue weighted by Gasteiger charge is 2.34. The molecule has 26 heavy (non-hydrogen) atoms. The molecule has 2 aliphatic rings. The highest BCUT2D eigenvalue weighted by atomic mass is 16.5. The molecule has 0 spiro atoms. The minimum absolute atomic E-state index is 0.109. The van der Waals surface area contributed by atoms with Crippen molar-refractivity contribution in [3.05, 3.63) is 35.4 Å². The zero-order valence-corrected chi connectivity index (χ0v) is 16.5. The van der Waals surface area contributed by atoms with E-state index in [1.165, 1.54) is 11.1 Å². The van der Waals surface area contributed by atoms with Gasteiger partial charge < -0.3 is 15.4 Å². The lowest BCUT2D eigenvalue weighted by Gasteiger charge is -2.41. The zero-order valence-electron chi connectivity index (χ0n) is 16.5. The van der Waals surface area contributed by atoms with Crippen molar-refractivity contribution in [3.8, 4) is 0 Å². The van der Waals surface area contributed by atoms with Crippen molar-refractivity contribution in [1.82, 2.24) is 15.5 Å². The number of benzene rings is 1. The maximum atomic E-state index is 13.0. The summed E-state index contributed by atoms with van der Waals surface area (Å²) in [5.74, 6) is 0.394. The second-order valence-corrected chi connectivity index (χ2v) is 8.10. The third-order valence-corrected chi connectivity index (χ3v) is 5.44. The van der Waals surface area contributed by atoms with Gasteiger partial charge in [-0.2, -0.15) is 0 Å². The van der Waals surface area contributed by atoms with Crippen LogP contribution in [0.15, 0.2) is 24.3 Å². The molecular weight excluding hydrogens is 326 g/mol. The maximum absolute atomic E-state index is 13.0. The van der Waals surface area contributed by atoms with Gasteiger partial charge >= 0.3 is 0 Å². The molecule has 0 aromatic heterocycles. The highest BCUT2D eigenvalue weighted by molar-refractivity contribution is 5.82. The highest BCUT2D eigenvalue weighted by Crippen LogP contribution is 2.23. The first-order chi connectivity index (χ1) is 12.5. The number of carbonyl (C=O) groups is 1. The summed E-state index contributed by atoms with van der Waals surface area (Å²) in [7, 11) is 0. The SMILES string of the molecule is CC1CN(C(C(=O)NCC2NCCc3ccccc32)C(C)C)CC(C)O1. The van der Waals surface area contributed by atoms with Gasteiger partial charge in [0.1, 0.15) is 0 Å². The Hall–Kier alpha value is -1.43. The number of nitrogens with zero attached hydrogens (tertiary/aromatic N) is 1. The lowest BCUT2D eigenvalue weighted by atomic mass is 9.94. The van der Waals surface area contributed by atoms with E-state index in [2.05, 4.69) is 67.5 Å². The molecule has 1 amide bonds. The number of rotatable bonds is 5. The molecule has 1 aromatic rings. The van der Waals surface area contributed by atoms with Gasteiger partial charge in [-0.15, -0.1) is 0 Å². The summed E-state index contributed by atoms with van der Waals surface area (Å²) in [6.07, 6.45) is 1.39. The lowest BCUT2D eigenvalue weighted by Crippen LogP contribution is -2.57. The fourth-order valence-electron chi connectivity index (χ4n) is 4.42. The molecule has 1 fully saturated rings. The van der Waals surface area contributed by atoms with Crippen LogP contribution in [0.25, 0.3) is 0 Å². The molecule has 2 N–H and O–H groups in total. The Balaban J connectivity index is 1.64. The molecule has 1 aromatic carbocycles. The van der Waals surface area contributed by atoms with E-state index < -0.39 is 0 Å². The van der Waals surface area contributed by atoms with Gasteiger partial charge in [-0.3, -0.25) is 9.69 Å². The van der Waals surface area contributed by atoms with Gasteiger partial charge in [0.05, 0.1) is 18.2 Å². The van der Waals surface area contributed by atoms with Crippen LogP contribution in [0, 0.1) is 5.92 Å². The number of hydrogen-bond acceptors (Lipinski definition) is 4. The van der Waals surface area contributed by atoms with Crippen LogP contribution >= 0.6 is 0 Å². The van der Waals surface area contributed by atoms with Crippen LogP contribution in [0.4, 0.5) is 0 Å². The molecule has 5 heteroatoms. The van der Waals surface area contributed by atoms with Crippen LogP contribution < -0.4 is 10.6 Å². The number of carbonyl (C=O) groups excluding carboxylic acids is 1. The predicted molar refractivity (Wildman–Crippen MR) is 104 cm³/mol. The Morgan fingerprint density at radius 1 is 1.27 bits per heavy atom. The summed E-state index contributed by atoms with van der Waals surface area (Å²) in [4.78, 5) is 15.3. The summed E-state index contributed by atoms with van der Waals surface area (Å²) in [6, 6.07) is 8.62. The predicted octanol–water partition coefficient (Wildman–Crippen LogP) is 2.12. The van der Waals surface area contributed by atoms with Gasteiger partial charge in [0.15, 0.2) is 0 Å². The topological polar surface area (TPSA) is 53.6 Å². The minimum Gasteiger partial charge on any atom is -0.373 e. The van der Waals surface area contributed by atoms with E-state index in [0.29, 0.717) is 6.54 Å². The zero-order chi connectivity index (χ0) is 18.7. The second-order valence-electron chi connectivity index (χ2n) is 8.10. The second kappa shape index (κ2) is 8.51. The molecular formula is C21H33N3O2. The summed E-state index contributed by atoms with van der Waals surface area (Å²) in [5, 5.41) is 6.76. The van der Waals surface area contributed by atoms with Crippen molar-refractivity contribution in [2.24, 2.45) is 5.92 Å². The average Bonchev–Trinajstić information content (AvgIpc) is 2.59. The molecule has 1 saturated heterocycles. The molecule has 2 aliphatic heterocycles. The van der Waals surface area contributed by atoms with Crippen LogP contribution in [-0.2, 0) is 16.0 Å². The maximum Gasteiger partial charge on any atom is 0.237 e. The first-order valence-corrected chi connectivity index (χ1v) is 9.94. The lowest BCUT2D eigenvalue weighted by molar-refractivity contribution is -0.135. The third kappa shape index (κ3) is 4.45. The number of hydrogen-bond donors (Lipinski definition) is 2. The van der Waals surface area contributed by atoms with Gasteiger partial charge in [0.2, 0.25) is 5.91 Å². The number of morpholine rings is 1. The molecule has 4 atom stereocenters. The number of fused-ring (bicyclic) bond motifs is 1. The van der Waals surface area contributed by atoms with Crippen molar-refractivity contribution in [2.45, 2.75) is 58.4 Å². The standard InChI is InChI=1S/C21H33N3O2/c1-14(2)20(24-12-15(3)26-16(4)13-24)21(25)23-11-19-18-8-6-5-7-17(18)9-10-22-19/h5-8,14-16,19-20,22H,9-13H2,1-4H3,(H,23,25). The Kier molecular flexibility index (Phi) is 6.33. The summed E-state index contributed by atoms with van der Waals surface area (Å²) in [5.41, 5.74) is 2.70. The van der Waals surface area contributed by atoms with E-state index in [9.17, 15) is 4.79 Å². The number of nitrogens with one attached hydrogen (secondary N) is 2. The molecule has 0 aliphatic carbocycles. The van der Waals surface area contributed by atoms with Gasteiger partial charge in [-0.25, -0.2) is 0 Å². The number of ether oxygens (including phenoxy) is 1. The van der Waals surface area contributed by atoms with E-state index in [1.54, 1.807) is 0 Å². The summed E-state index contributed by atoms with van der Waals surface area (Å²) in [6.45, 7) is 11.6. The van der Waals surface area contributed by atoms with Crippen LogP contribution in [0.2, 0.25) is 0 Å². The Morgan fingerprint density at radius 3 is 2.65 bits per heavy atom. The fraction of sp³-hybridized carbons (Fsp3) is 0.667. The van der Waals surface area contributed by atoms with Crippen LogP contribution in [0.3, 0.4) is 0 Å². The molecule has 4 unspecified atom stereocenters. The molecule has 0 saturated carbocycles. The van der Waals surface area contributed by atoms with Gasteiger partial charge in [-0.05, 0) is 43.9 Å². The van der Waals surface area contributed by atoms with Crippen LogP contribution in [0.5, 0.6) is 0 Å². The number of amides is 1. The van der Waals surface area contributed by atoms with Crippen LogP contribution in [0.1, 0.15) is 44.9 Å². The van der Waals surface area contributed by atoms with Crippen LogP contribution in [-0.4, -0.2) is 55.2 Å². The first-order valence-electron chi connectivity index (χ1n) is 9.94. The monoisotopic (exact) mass is 359 g/mol. The van der Waals surface area contributed by atoms with Crippen molar-refractivity contribution in [1.29, 1.82) is 0 Å². The van der Waals surface area contributed by atoms with E-state index >= 15 is 0 Å². The minimum atomic E-state index is -0.109. The van der Waals surface area contributed by atoms with Crippen molar-refractivity contribution < 1.29 is 9.53 Å². The molecule has 144 valence electrons. The molecule has 5 nitrogen and oxygen atoms in total. The Labute approximate surface area is 157 Å². The van der Waals surface area contributed by atoms with E-state index in [1.807, 2.05) is 0 Å². The van der Waals surface area contributed by atoms with Crippen molar-refractivity contribution in [2.75, 3.05) is 26.2 Å². The summed E-state index contributed by atoms with van der Waals surface area (Å²) >= 11 is 0. The molecule has 0 bridgehead atoms. The Bertz CT molecular complexity index is 609. The summed E-state index contributed by atoms with van der Waals surface area (Å²) < 4.78 is 5.84. The first kappa shape index (κ1) is 19.3. The van der Waals surface area contributed by atoms with Crippen molar-refractivity contribution >= 4 is 5.91 Å². The van der Waals surface area contributed by atoms with Gasteiger partial charge in [-0.1, -0.05) is 38.1 Å². The molecule has 3 rings (SSSR count). The van der Waals surface area contributed by atoms with E-state index in [0.717, 1.165) is 26.1 Å². The van der Waals surface area contributed by atoms with Crippen molar-refractivity contribution in [3.63, 3.8) is 0 Å². The third-order valence-electron chi connectivity index (χ3n) is 5.44. The Morgan fingerprint density at radius 2 is 1.96 bits per heavy atom. The fourth-order valence-corrected chi connectivity index (χ4v) is 4.42. The molecule has 2 heterocycles. The molecule has 0 radical (unpaired) electrons. The average molecular weight is 360 g/mol. The van der Waals surface area contributed by atoms with E-state index in [-0.39, 0.29) is 36.1 Å². The van der Waals surface area contributed by atoms with E-state index in [4.69, 9.17) is 4.74 Å². The van der Waals surface area contributed by atoms with Gasteiger partial charge in [0.25, 0.3) is 0 Å². The smallest absolute Gasteiger partial charge is 0.237 e. The normalized spacial score (nSPS) is 27.8.